The van der Waals surface area contributed by atoms with Crippen molar-refractivity contribution in [2.24, 2.45) is 0 Å². The summed E-state index contributed by atoms with van der Waals surface area (Å²) in [7, 11) is 0. The molecule has 0 atom stereocenters. The number of oxazole rings is 1. The van der Waals surface area contributed by atoms with Gasteiger partial charge in [-0.3, -0.25) is 4.79 Å². The Morgan fingerprint density at radius 2 is 1.88 bits per heavy atom. The molecule has 0 unspecified atom stereocenters. The normalized spacial score (nSPS) is 16.9. The molecule has 1 aliphatic carbocycles. The van der Waals surface area contributed by atoms with E-state index in [9.17, 15) is 14.0 Å². The molecule has 174 valence electrons. The lowest BCUT2D eigenvalue weighted by atomic mass is 10.0. The third-order valence-corrected chi connectivity index (χ3v) is 5.73. The van der Waals surface area contributed by atoms with Crippen LogP contribution in [0.1, 0.15) is 62.6 Å². The third-order valence-electron chi connectivity index (χ3n) is 5.73. The smallest absolute Gasteiger partial charge is 0.410 e. The first-order valence-electron chi connectivity index (χ1n) is 11.1. The van der Waals surface area contributed by atoms with Gasteiger partial charge in [-0.05, 0) is 64.7 Å². The molecule has 4 rings (SSSR count). The molecule has 2 fully saturated rings. The fourth-order valence-corrected chi connectivity index (χ4v) is 4.02. The average molecular weight is 455 g/mol. The molecule has 0 radical (unpaired) electrons. The summed E-state index contributed by atoms with van der Waals surface area (Å²) in [4.78, 5) is 33.3. The Hall–Kier alpha value is -3.41. The van der Waals surface area contributed by atoms with Crippen LogP contribution in [0, 0.1) is 17.1 Å². The van der Waals surface area contributed by atoms with Crippen LogP contribution in [0.25, 0.3) is 11.5 Å². The first-order valence-corrected chi connectivity index (χ1v) is 11.1. The van der Waals surface area contributed by atoms with Crippen LogP contribution >= 0.6 is 0 Å². The van der Waals surface area contributed by atoms with Gasteiger partial charge in [0.05, 0.1) is 23.4 Å². The van der Waals surface area contributed by atoms with E-state index in [0.29, 0.717) is 25.9 Å². The quantitative estimate of drug-likeness (QED) is 0.681. The maximum absolute atomic E-state index is 14.3. The Morgan fingerprint density at radius 3 is 2.45 bits per heavy atom. The van der Waals surface area contributed by atoms with E-state index in [4.69, 9.17) is 14.4 Å². The summed E-state index contributed by atoms with van der Waals surface area (Å²) < 4.78 is 25.4. The van der Waals surface area contributed by atoms with Gasteiger partial charge in [-0.25, -0.2) is 14.2 Å². The van der Waals surface area contributed by atoms with E-state index >= 15 is 0 Å². The van der Waals surface area contributed by atoms with E-state index in [1.54, 1.807) is 4.90 Å². The molecule has 1 aromatic heterocycles. The van der Waals surface area contributed by atoms with Crippen LogP contribution in [-0.4, -0.2) is 57.6 Å². The number of carbonyl (C=O) groups excluding carboxylic acids is 2. The molecule has 1 aromatic carbocycles. The molecule has 8 nitrogen and oxygen atoms in total. The molecule has 1 aliphatic heterocycles. The van der Waals surface area contributed by atoms with Crippen LogP contribution in [0.5, 0.6) is 0 Å². The predicted molar refractivity (Wildman–Crippen MR) is 117 cm³/mol. The number of aromatic nitrogens is 1. The average Bonchev–Trinajstić information content (AvgIpc) is 3.47. The highest BCUT2D eigenvalue weighted by Crippen LogP contribution is 2.34. The van der Waals surface area contributed by atoms with Crippen LogP contribution in [0.2, 0.25) is 0 Å². The van der Waals surface area contributed by atoms with Gasteiger partial charge < -0.3 is 19.0 Å². The van der Waals surface area contributed by atoms with Gasteiger partial charge in [-0.1, -0.05) is 0 Å². The maximum Gasteiger partial charge on any atom is 0.410 e. The first kappa shape index (κ1) is 22.8. The van der Waals surface area contributed by atoms with Gasteiger partial charge in [0.2, 0.25) is 11.7 Å². The zero-order valence-corrected chi connectivity index (χ0v) is 19.0. The van der Waals surface area contributed by atoms with Gasteiger partial charge in [0.1, 0.15) is 11.4 Å². The van der Waals surface area contributed by atoms with Gasteiger partial charge in [-0.2, -0.15) is 5.26 Å². The predicted octanol–water partition coefficient (Wildman–Crippen LogP) is 4.36. The Labute approximate surface area is 191 Å². The number of hydrogen-bond donors (Lipinski definition) is 0. The van der Waals surface area contributed by atoms with Gasteiger partial charge >= 0.3 is 6.09 Å². The Bertz CT molecular complexity index is 1090. The molecule has 2 aromatic rings. The van der Waals surface area contributed by atoms with Gasteiger partial charge in [0, 0.05) is 25.2 Å². The number of halogens is 1. The standard InChI is InChI=1S/C24H27FN4O4/c1-24(2,3)33-23(31)28-10-8-17(9-11-28)29(16-5-6-16)22(30)20-14-27-21(32-20)18-7-4-15(13-26)12-19(18)25/h4,7,12,14,16-17H,5-6,8-11H2,1-3H3. The number of nitrogens with zero attached hydrogens (tertiary/aromatic N) is 4. The number of hydrogen-bond acceptors (Lipinski definition) is 6. The summed E-state index contributed by atoms with van der Waals surface area (Å²) in [5.41, 5.74) is -0.268. The minimum atomic E-state index is -0.636. The number of amides is 2. The number of nitriles is 1. The highest BCUT2D eigenvalue weighted by Gasteiger charge is 2.41. The molecule has 33 heavy (non-hydrogen) atoms. The fourth-order valence-electron chi connectivity index (χ4n) is 4.02. The molecular weight excluding hydrogens is 427 g/mol. The number of ether oxygens (including phenoxy) is 1. The Balaban J connectivity index is 1.45. The fraction of sp³-hybridized carbons (Fsp3) is 0.500. The molecular formula is C24H27FN4O4. The van der Waals surface area contributed by atoms with Crippen LogP contribution in [0.4, 0.5) is 9.18 Å². The Kier molecular flexibility index (Phi) is 6.11. The van der Waals surface area contributed by atoms with Crippen molar-refractivity contribution in [3.63, 3.8) is 0 Å². The number of rotatable bonds is 4. The third kappa shape index (κ3) is 5.16. The number of benzene rings is 1. The van der Waals surface area contributed by atoms with E-state index in [1.165, 1.54) is 18.3 Å². The zero-order valence-electron chi connectivity index (χ0n) is 19.0. The van der Waals surface area contributed by atoms with E-state index < -0.39 is 11.4 Å². The molecule has 9 heteroatoms. The summed E-state index contributed by atoms with van der Waals surface area (Å²) in [6.45, 7) is 6.52. The highest BCUT2D eigenvalue weighted by molar-refractivity contribution is 5.92. The molecule has 2 amide bonds. The zero-order chi connectivity index (χ0) is 23.8. The lowest BCUT2D eigenvalue weighted by Crippen LogP contribution is -2.50. The SMILES string of the molecule is CC(C)(C)OC(=O)N1CCC(N(C(=O)c2cnc(-c3ccc(C#N)cc3F)o2)C2CC2)CC1. The topological polar surface area (TPSA) is 99.7 Å². The lowest BCUT2D eigenvalue weighted by Gasteiger charge is -2.38. The van der Waals surface area contributed by atoms with Crippen LogP contribution < -0.4 is 0 Å². The minimum absolute atomic E-state index is 0.00386. The summed E-state index contributed by atoms with van der Waals surface area (Å²) in [6.07, 6.45) is 4.11. The lowest BCUT2D eigenvalue weighted by molar-refractivity contribution is 0.0139. The number of piperidine rings is 1. The highest BCUT2D eigenvalue weighted by atomic mass is 19.1. The summed E-state index contributed by atoms with van der Waals surface area (Å²) >= 11 is 0. The van der Waals surface area contributed by atoms with Crippen LogP contribution in [0.15, 0.2) is 28.8 Å². The molecule has 2 aliphatic rings. The largest absolute Gasteiger partial charge is 0.444 e. The van der Waals surface area contributed by atoms with Crippen molar-refractivity contribution >= 4 is 12.0 Å². The first-order chi connectivity index (χ1) is 15.7. The van der Waals surface area contributed by atoms with Crippen molar-refractivity contribution in [2.75, 3.05) is 13.1 Å². The van der Waals surface area contributed by atoms with Crippen molar-refractivity contribution in [2.45, 2.75) is 64.1 Å². The summed E-state index contributed by atoms with van der Waals surface area (Å²) in [5, 5.41) is 8.91. The second-order valence-electron chi connectivity index (χ2n) is 9.48. The van der Waals surface area contributed by atoms with E-state index in [1.807, 2.05) is 31.7 Å². The van der Waals surface area contributed by atoms with Crippen molar-refractivity contribution < 1.29 is 23.1 Å². The molecule has 0 bridgehead atoms. The van der Waals surface area contributed by atoms with Crippen molar-refractivity contribution in [3.8, 4) is 17.5 Å². The van der Waals surface area contributed by atoms with Crippen molar-refractivity contribution in [1.82, 2.24) is 14.8 Å². The minimum Gasteiger partial charge on any atom is -0.444 e. The Morgan fingerprint density at radius 1 is 1.21 bits per heavy atom. The van der Waals surface area contributed by atoms with Crippen molar-refractivity contribution in [3.05, 3.63) is 41.5 Å². The molecule has 0 N–H and O–H groups in total. The monoisotopic (exact) mass is 454 g/mol. The van der Waals surface area contributed by atoms with Gasteiger partial charge in [0.15, 0.2) is 0 Å². The van der Waals surface area contributed by atoms with Gasteiger partial charge in [0.25, 0.3) is 5.91 Å². The van der Waals surface area contributed by atoms with E-state index in [0.717, 1.165) is 18.9 Å². The molecule has 1 saturated heterocycles. The summed E-state index contributed by atoms with van der Waals surface area (Å²) in [5.74, 6) is -0.865. The molecule has 1 saturated carbocycles. The molecule has 0 spiro atoms. The van der Waals surface area contributed by atoms with E-state index in [-0.39, 0.29) is 46.9 Å². The maximum atomic E-state index is 14.3. The van der Waals surface area contributed by atoms with Crippen LogP contribution in [0.3, 0.4) is 0 Å². The van der Waals surface area contributed by atoms with Crippen LogP contribution in [-0.2, 0) is 4.74 Å². The molecule has 2 heterocycles. The van der Waals surface area contributed by atoms with E-state index in [2.05, 4.69) is 4.98 Å². The number of likely N-dealkylation sites (tertiary alicyclic amines) is 1. The number of carbonyl (C=O) groups is 2. The van der Waals surface area contributed by atoms with Gasteiger partial charge in [-0.15, -0.1) is 0 Å². The second-order valence-corrected chi connectivity index (χ2v) is 9.48. The van der Waals surface area contributed by atoms with Crippen molar-refractivity contribution in [1.29, 1.82) is 5.26 Å². The summed E-state index contributed by atoms with van der Waals surface area (Å²) in [6, 6.07) is 5.98. The second kappa shape index (κ2) is 8.85.